The molecule has 140 valence electrons. The molecule has 0 fully saturated rings. The molecule has 0 unspecified atom stereocenters. The summed E-state index contributed by atoms with van der Waals surface area (Å²) in [5.74, 6) is 2.48. The second kappa shape index (κ2) is 8.94. The van der Waals surface area contributed by atoms with Crippen LogP contribution in [0.1, 0.15) is 11.1 Å². The smallest absolute Gasteiger partial charge is 0.191 e. The Kier molecular flexibility index (Phi) is 6.15. The van der Waals surface area contributed by atoms with Gasteiger partial charge in [0.25, 0.3) is 0 Å². The van der Waals surface area contributed by atoms with E-state index in [0.29, 0.717) is 13.1 Å². The first kappa shape index (κ1) is 18.6. The van der Waals surface area contributed by atoms with E-state index < -0.39 is 0 Å². The van der Waals surface area contributed by atoms with Crippen LogP contribution in [-0.2, 0) is 13.1 Å². The SMILES string of the molecule is CN=C(NCc1cccc(OC)c1)NCc1ccc2cc(OC)ccc2c1. The maximum atomic E-state index is 5.28. The van der Waals surface area contributed by atoms with Crippen LogP contribution in [0, 0.1) is 0 Å². The predicted molar refractivity (Wildman–Crippen MR) is 111 cm³/mol. The topological polar surface area (TPSA) is 54.9 Å². The van der Waals surface area contributed by atoms with Crippen LogP contribution in [0.25, 0.3) is 10.8 Å². The highest BCUT2D eigenvalue weighted by molar-refractivity contribution is 5.85. The first-order valence-electron chi connectivity index (χ1n) is 8.86. The monoisotopic (exact) mass is 363 g/mol. The van der Waals surface area contributed by atoms with Gasteiger partial charge in [-0.3, -0.25) is 4.99 Å². The van der Waals surface area contributed by atoms with Crippen molar-refractivity contribution in [3.8, 4) is 11.5 Å². The first-order chi connectivity index (χ1) is 13.2. The molecule has 27 heavy (non-hydrogen) atoms. The van der Waals surface area contributed by atoms with Gasteiger partial charge in [-0.25, -0.2) is 0 Å². The first-order valence-corrected chi connectivity index (χ1v) is 8.86. The standard InChI is InChI=1S/C22H25N3O2/c1-23-22(24-14-16-5-4-6-20(12-16)26-2)25-15-17-7-8-19-13-21(27-3)10-9-18(19)11-17/h4-13H,14-15H2,1-3H3,(H2,23,24,25). The molecule has 0 aromatic heterocycles. The van der Waals surface area contributed by atoms with Gasteiger partial charge in [-0.2, -0.15) is 0 Å². The van der Waals surface area contributed by atoms with Crippen LogP contribution in [0.2, 0.25) is 0 Å². The van der Waals surface area contributed by atoms with E-state index in [9.17, 15) is 0 Å². The fourth-order valence-electron chi connectivity index (χ4n) is 2.88. The van der Waals surface area contributed by atoms with Crippen molar-refractivity contribution in [2.24, 2.45) is 4.99 Å². The fraction of sp³-hybridized carbons (Fsp3) is 0.227. The van der Waals surface area contributed by atoms with Gasteiger partial charge in [-0.15, -0.1) is 0 Å². The van der Waals surface area contributed by atoms with Gasteiger partial charge < -0.3 is 20.1 Å². The van der Waals surface area contributed by atoms with Crippen LogP contribution in [0.4, 0.5) is 0 Å². The zero-order chi connectivity index (χ0) is 19.1. The third-order valence-corrected chi connectivity index (χ3v) is 4.39. The van der Waals surface area contributed by atoms with Crippen molar-refractivity contribution in [1.29, 1.82) is 0 Å². The van der Waals surface area contributed by atoms with Crippen molar-refractivity contribution < 1.29 is 9.47 Å². The Morgan fingerprint density at radius 1 is 0.778 bits per heavy atom. The highest BCUT2D eigenvalue weighted by atomic mass is 16.5. The molecule has 5 heteroatoms. The molecular weight excluding hydrogens is 338 g/mol. The number of hydrogen-bond donors (Lipinski definition) is 2. The van der Waals surface area contributed by atoms with E-state index in [0.717, 1.165) is 23.0 Å². The Bertz CT molecular complexity index is 938. The Hall–Kier alpha value is -3.21. The molecule has 0 bridgehead atoms. The lowest BCUT2D eigenvalue weighted by Gasteiger charge is -2.13. The molecule has 0 aliphatic rings. The summed E-state index contributed by atoms with van der Waals surface area (Å²) in [4.78, 5) is 4.29. The highest BCUT2D eigenvalue weighted by Crippen LogP contribution is 2.21. The summed E-state index contributed by atoms with van der Waals surface area (Å²) < 4.78 is 10.5. The Labute approximate surface area is 160 Å². The van der Waals surface area contributed by atoms with E-state index in [1.54, 1.807) is 21.3 Å². The molecule has 0 saturated heterocycles. The van der Waals surface area contributed by atoms with Crippen LogP contribution in [0.15, 0.2) is 65.7 Å². The summed E-state index contributed by atoms with van der Waals surface area (Å²) in [5.41, 5.74) is 2.33. The third kappa shape index (κ3) is 4.91. The van der Waals surface area contributed by atoms with Crippen molar-refractivity contribution in [3.63, 3.8) is 0 Å². The molecule has 0 radical (unpaired) electrons. The average Bonchev–Trinajstić information content (AvgIpc) is 2.73. The van der Waals surface area contributed by atoms with Gasteiger partial charge in [0.15, 0.2) is 5.96 Å². The number of aliphatic imine (C=N–C) groups is 1. The van der Waals surface area contributed by atoms with Crippen molar-refractivity contribution in [3.05, 3.63) is 71.8 Å². The van der Waals surface area contributed by atoms with Crippen LogP contribution in [0.3, 0.4) is 0 Å². The van der Waals surface area contributed by atoms with Gasteiger partial charge in [0.1, 0.15) is 11.5 Å². The molecule has 0 amide bonds. The number of methoxy groups -OCH3 is 2. The minimum atomic E-state index is 0.675. The summed E-state index contributed by atoms with van der Waals surface area (Å²) in [6.07, 6.45) is 0. The van der Waals surface area contributed by atoms with Gasteiger partial charge in [-0.05, 0) is 52.2 Å². The lowest BCUT2D eigenvalue weighted by atomic mass is 10.1. The summed E-state index contributed by atoms with van der Waals surface area (Å²) >= 11 is 0. The summed E-state index contributed by atoms with van der Waals surface area (Å²) in [6, 6.07) is 20.5. The number of benzene rings is 3. The number of ether oxygens (including phenoxy) is 2. The Morgan fingerprint density at radius 3 is 2.11 bits per heavy atom. The number of fused-ring (bicyclic) bond motifs is 1. The number of nitrogens with zero attached hydrogens (tertiary/aromatic N) is 1. The summed E-state index contributed by atoms with van der Waals surface area (Å²) in [6.45, 7) is 1.37. The molecule has 0 atom stereocenters. The molecule has 0 aliphatic carbocycles. The molecule has 0 saturated carbocycles. The van der Waals surface area contributed by atoms with Crippen LogP contribution in [-0.4, -0.2) is 27.2 Å². The second-order valence-corrected chi connectivity index (χ2v) is 6.18. The van der Waals surface area contributed by atoms with E-state index in [4.69, 9.17) is 9.47 Å². The molecule has 0 heterocycles. The fourth-order valence-corrected chi connectivity index (χ4v) is 2.88. The van der Waals surface area contributed by atoms with Crippen LogP contribution >= 0.6 is 0 Å². The quantitative estimate of drug-likeness (QED) is 0.518. The number of hydrogen-bond acceptors (Lipinski definition) is 3. The predicted octanol–water partition coefficient (Wildman–Crippen LogP) is 3.72. The van der Waals surface area contributed by atoms with E-state index >= 15 is 0 Å². The van der Waals surface area contributed by atoms with Crippen LogP contribution < -0.4 is 20.1 Å². The maximum absolute atomic E-state index is 5.28. The molecule has 3 aromatic carbocycles. The van der Waals surface area contributed by atoms with E-state index in [1.807, 2.05) is 30.3 Å². The Balaban J connectivity index is 1.59. The molecule has 3 rings (SSSR count). The minimum Gasteiger partial charge on any atom is -0.497 e. The summed E-state index contributed by atoms with van der Waals surface area (Å²) in [7, 11) is 5.13. The molecule has 5 nitrogen and oxygen atoms in total. The zero-order valence-electron chi connectivity index (χ0n) is 16.0. The van der Waals surface area contributed by atoms with Crippen molar-refractivity contribution >= 4 is 16.7 Å². The normalized spacial score (nSPS) is 11.3. The van der Waals surface area contributed by atoms with Crippen molar-refractivity contribution in [2.45, 2.75) is 13.1 Å². The molecule has 0 aliphatic heterocycles. The lowest BCUT2D eigenvalue weighted by Crippen LogP contribution is -2.36. The van der Waals surface area contributed by atoms with Gasteiger partial charge in [0.2, 0.25) is 0 Å². The largest absolute Gasteiger partial charge is 0.497 e. The summed E-state index contributed by atoms with van der Waals surface area (Å²) in [5, 5.41) is 9.04. The average molecular weight is 363 g/mol. The maximum Gasteiger partial charge on any atom is 0.191 e. The molecule has 3 aromatic rings. The number of rotatable bonds is 6. The zero-order valence-corrected chi connectivity index (χ0v) is 16.0. The van der Waals surface area contributed by atoms with Crippen molar-refractivity contribution in [1.82, 2.24) is 10.6 Å². The Morgan fingerprint density at radius 2 is 1.41 bits per heavy atom. The van der Waals surface area contributed by atoms with Crippen molar-refractivity contribution in [2.75, 3.05) is 21.3 Å². The van der Waals surface area contributed by atoms with Gasteiger partial charge in [-0.1, -0.05) is 30.3 Å². The molecule has 0 spiro atoms. The van der Waals surface area contributed by atoms with Crippen LogP contribution in [0.5, 0.6) is 11.5 Å². The van der Waals surface area contributed by atoms with E-state index in [1.165, 1.54) is 16.3 Å². The molecular formula is C22H25N3O2. The van der Waals surface area contributed by atoms with Gasteiger partial charge in [0, 0.05) is 20.1 Å². The van der Waals surface area contributed by atoms with E-state index in [-0.39, 0.29) is 0 Å². The number of guanidine groups is 1. The second-order valence-electron chi connectivity index (χ2n) is 6.18. The lowest BCUT2D eigenvalue weighted by molar-refractivity contribution is 0.414. The highest BCUT2D eigenvalue weighted by Gasteiger charge is 2.02. The van der Waals surface area contributed by atoms with Gasteiger partial charge >= 0.3 is 0 Å². The number of nitrogens with one attached hydrogen (secondary N) is 2. The third-order valence-electron chi connectivity index (χ3n) is 4.39. The minimum absolute atomic E-state index is 0.675. The van der Waals surface area contributed by atoms with Gasteiger partial charge in [0.05, 0.1) is 14.2 Å². The molecule has 2 N–H and O–H groups in total. The van der Waals surface area contributed by atoms with E-state index in [2.05, 4.69) is 46.0 Å².